The molecule has 0 spiro atoms. The molecule has 4 nitrogen and oxygen atoms in total. The quantitative estimate of drug-likeness (QED) is 0.912. The first-order valence-corrected chi connectivity index (χ1v) is 5.58. The van der Waals surface area contributed by atoms with Crippen LogP contribution in [0.2, 0.25) is 0 Å². The second-order valence-corrected chi connectivity index (χ2v) is 4.42. The number of hydrogen-bond donors (Lipinski definition) is 1. The number of nitrogens with zero attached hydrogens (tertiary/aromatic N) is 3. The van der Waals surface area contributed by atoms with Crippen molar-refractivity contribution in [3.63, 3.8) is 0 Å². The molecule has 0 bridgehead atoms. The van der Waals surface area contributed by atoms with E-state index < -0.39 is 0 Å². The molecule has 0 aliphatic heterocycles. The molecule has 6 heteroatoms. The second kappa shape index (κ2) is 4.02. The predicted molar refractivity (Wildman–Crippen MR) is 59.9 cm³/mol. The highest BCUT2D eigenvalue weighted by atomic mass is 79.9. The smallest absolute Gasteiger partial charge is 0.228 e. The van der Waals surface area contributed by atoms with E-state index in [0.29, 0.717) is 5.95 Å². The predicted octanol–water partition coefficient (Wildman–Crippen LogP) is 2.75. The van der Waals surface area contributed by atoms with Gasteiger partial charge in [0.05, 0.1) is 10.2 Å². The Bertz CT molecular complexity index is 425. The van der Waals surface area contributed by atoms with E-state index >= 15 is 0 Å². The molecule has 0 saturated heterocycles. The Labute approximate surface area is 93.6 Å². The number of thiazole rings is 1. The van der Waals surface area contributed by atoms with Gasteiger partial charge in [-0.25, -0.2) is 15.0 Å². The van der Waals surface area contributed by atoms with Crippen LogP contribution in [-0.4, -0.2) is 15.0 Å². The maximum absolute atomic E-state index is 4.24. The van der Waals surface area contributed by atoms with Crippen LogP contribution in [0.4, 0.5) is 11.1 Å². The van der Waals surface area contributed by atoms with Gasteiger partial charge in [0.15, 0.2) is 5.13 Å². The zero-order chi connectivity index (χ0) is 9.97. The molecular formula is C8H7BrN4S. The minimum Gasteiger partial charge on any atom is -0.300 e. The van der Waals surface area contributed by atoms with Crippen LogP contribution in [0, 0.1) is 6.92 Å². The maximum Gasteiger partial charge on any atom is 0.228 e. The molecule has 72 valence electrons. The number of anilines is 2. The molecule has 0 fully saturated rings. The number of aromatic nitrogens is 3. The maximum atomic E-state index is 4.24. The van der Waals surface area contributed by atoms with Gasteiger partial charge in [0.2, 0.25) is 5.95 Å². The number of hydrogen-bond acceptors (Lipinski definition) is 5. The number of halogens is 1. The lowest BCUT2D eigenvalue weighted by molar-refractivity contribution is 1.14. The molecule has 2 aromatic rings. The Kier molecular flexibility index (Phi) is 2.74. The number of aryl methyl sites for hydroxylation is 1. The SMILES string of the molecule is Cc1csc(Nc2ncc(Br)cn2)n1. The van der Waals surface area contributed by atoms with Gasteiger partial charge in [0.1, 0.15) is 0 Å². The zero-order valence-electron chi connectivity index (χ0n) is 7.36. The molecule has 0 unspecified atom stereocenters. The van der Waals surface area contributed by atoms with E-state index in [1.54, 1.807) is 12.4 Å². The van der Waals surface area contributed by atoms with Crippen LogP contribution < -0.4 is 5.32 Å². The summed E-state index contributed by atoms with van der Waals surface area (Å²) in [5.41, 5.74) is 0.995. The van der Waals surface area contributed by atoms with Crippen LogP contribution in [-0.2, 0) is 0 Å². The lowest BCUT2D eigenvalue weighted by Gasteiger charge is -1.98. The molecule has 0 aliphatic carbocycles. The third-order valence-corrected chi connectivity index (χ3v) is 2.74. The van der Waals surface area contributed by atoms with Gasteiger partial charge in [0.25, 0.3) is 0 Å². The largest absolute Gasteiger partial charge is 0.300 e. The molecule has 2 rings (SSSR count). The number of nitrogens with one attached hydrogen (secondary N) is 1. The van der Waals surface area contributed by atoms with E-state index in [9.17, 15) is 0 Å². The summed E-state index contributed by atoms with van der Waals surface area (Å²) in [5, 5.41) is 5.80. The summed E-state index contributed by atoms with van der Waals surface area (Å²) in [6, 6.07) is 0. The van der Waals surface area contributed by atoms with Crippen LogP contribution in [0.5, 0.6) is 0 Å². The minimum absolute atomic E-state index is 0.558. The topological polar surface area (TPSA) is 50.7 Å². The first-order valence-electron chi connectivity index (χ1n) is 3.91. The summed E-state index contributed by atoms with van der Waals surface area (Å²) in [7, 11) is 0. The molecule has 0 aliphatic rings. The van der Waals surface area contributed by atoms with Crippen molar-refractivity contribution in [2.75, 3.05) is 5.32 Å². The van der Waals surface area contributed by atoms with Gasteiger partial charge in [-0.1, -0.05) is 0 Å². The lowest BCUT2D eigenvalue weighted by atomic mass is 10.6. The van der Waals surface area contributed by atoms with Gasteiger partial charge >= 0.3 is 0 Å². The minimum atomic E-state index is 0.558. The average Bonchev–Trinajstić information content (AvgIpc) is 2.56. The molecule has 0 saturated carbocycles. The molecule has 0 radical (unpaired) electrons. The highest BCUT2D eigenvalue weighted by Gasteiger charge is 2.00. The van der Waals surface area contributed by atoms with Crippen molar-refractivity contribution in [3.8, 4) is 0 Å². The summed E-state index contributed by atoms with van der Waals surface area (Å²) in [6.07, 6.45) is 3.38. The fourth-order valence-electron chi connectivity index (χ4n) is 0.884. The van der Waals surface area contributed by atoms with E-state index in [1.807, 2.05) is 12.3 Å². The van der Waals surface area contributed by atoms with Crippen molar-refractivity contribution in [2.24, 2.45) is 0 Å². The summed E-state index contributed by atoms with van der Waals surface area (Å²) >= 11 is 4.80. The fraction of sp³-hybridized carbons (Fsp3) is 0.125. The van der Waals surface area contributed by atoms with Gasteiger partial charge in [-0.2, -0.15) is 0 Å². The summed E-state index contributed by atoms with van der Waals surface area (Å²) in [5.74, 6) is 0.558. The molecular weight excluding hydrogens is 264 g/mol. The Balaban J connectivity index is 2.15. The Morgan fingerprint density at radius 3 is 2.64 bits per heavy atom. The zero-order valence-corrected chi connectivity index (χ0v) is 9.76. The Morgan fingerprint density at radius 2 is 2.07 bits per heavy atom. The first kappa shape index (κ1) is 9.54. The van der Waals surface area contributed by atoms with Crippen molar-refractivity contribution in [2.45, 2.75) is 6.92 Å². The van der Waals surface area contributed by atoms with Crippen molar-refractivity contribution in [1.29, 1.82) is 0 Å². The monoisotopic (exact) mass is 270 g/mol. The third-order valence-electron chi connectivity index (χ3n) is 1.46. The van der Waals surface area contributed by atoms with Gasteiger partial charge < -0.3 is 5.32 Å². The summed E-state index contributed by atoms with van der Waals surface area (Å²) in [6.45, 7) is 1.95. The summed E-state index contributed by atoms with van der Waals surface area (Å²) in [4.78, 5) is 12.4. The van der Waals surface area contributed by atoms with E-state index in [-0.39, 0.29) is 0 Å². The molecule has 14 heavy (non-hydrogen) atoms. The van der Waals surface area contributed by atoms with E-state index in [0.717, 1.165) is 15.3 Å². The molecule has 1 N–H and O–H groups in total. The molecule has 0 aromatic carbocycles. The number of rotatable bonds is 2. The van der Waals surface area contributed by atoms with Crippen molar-refractivity contribution in [3.05, 3.63) is 27.9 Å². The van der Waals surface area contributed by atoms with Crippen molar-refractivity contribution in [1.82, 2.24) is 15.0 Å². The van der Waals surface area contributed by atoms with Crippen LogP contribution in [0.1, 0.15) is 5.69 Å². The second-order valence-electron chi connectivity index (χ2n) is 2.64. The molecule has 2 heterocycles. The first-order chi connectivity index (χ1) is 6.74. The van der Waals surface area contributed by atoms with Crippen LogP contribution >= 0.6 is 27.3 Å². The van der Waals surface area contributed by atoms with Crippen molar-refractivity contribution < 1.29 is 0 Å². The Hall–Kier alpha value is -1.01. The van der Waals surface area contributed by atoms with Gasteiger partial charge in [-0.3, -0.25) is 0 Å². The van der Waals surface area contributed by atoms with Gasteiger partial charge in [-0.05, 0) is 22.9 Å². The average molecular weight is 271 g/mol. The van der Waals surface area contributed by atoms with Crippen LogP contribution in [0.15, 0.2) is 22.2 Å². The highest BCUT2D eigenvalue weighted by Crippen LogP contribution is 2.18. The normalized spacial score (nSPS) is 10.1. The van der Waals surface area contributed by atoms with Gasteiger partial charge in [0, 0.05) is 17.8 Å². The van der Waals surface area contributed by atoms with E-state index in [1.165, 1.54) is 11.3 Å². The summed E-state index contributed by atoms with van der Waals surface area (Å²) < 4.78 is 0.860. The standard InChI is InChI=1S/C8H7BrN4S/c1-5-4-14-8(12-5)13-7-10-2-6(9)3-11-7/h2-4H,1H3,(H,10,11,12,13). The molecule has 2 aromatic heterocycles. The Morgan fingerprint density at radius 1 is 1.36 bits per heavy atom. The lowest BCUT2D eigenvalue weighted by Crippen LogP contribution is -1.95. The molecule has 0 atom stereocenters. The van der Waals surface area contributed by atoms with Gasteiger partial charge in [-0.15, -0.1) is 11.3 Å². The van der Waals surface area contributed by atoms with Crippen molar-refractivity contribution >= 4 is 38.3 Å². The van der Waals surface area contributed by atoms with E-state index in [4.69, 9.17) is 0 Å². The highest BCUT2D eigenvalue weighted by molar-refractivity contribution is 9.10. The molecule has 0 amide bonds. The van der Waals surface area contributed by atoms with Crippen LogP contribution in [0.3, 0.4) is 0 Å². The van der Waals surface area contributed by atoms with Crippen LogP contribution in [0.25, 0.3) is 0 Å². The third kappa shape index (κ3) is 2.27. The van der Waals surface area contributed by atoms with E-state index in [2.05, 4.69) is 36.2 Å². The fourth-order valence-corrected chi connectivity index (χ4v) is 1.77.